The largest absolute Gasteiger partial charge is 0.497 e. The maximum Gasteiger partial charge on any atom is 0.165 e. The molecule has 2 aromatic heterocycles. The molecule has 0 radical (unpaired) electrons. The Morgan fingerprint density at radius 2 is 1.49 bits per heavy atom. The van der Waals surface area contributed by atoms with Gasteiger partial charge in [0.2, 0.25) is 0 Å². The predicted octanol–water partition coefficient (Wildman–Crippen LogP) is 4.99. The Hall–Kier alpha value is -4.97. The second-order valence-corrected chi connectivity index (χ2v) is 8.12. The van der Waals surface area contributed by atoms with Crippen LogP contribution in [0.5, 0.6) is 23.0 Å². The lowest BCUT2D eigenvalue weighted by molar-refractivity contribution is 0.414. The Balaban J connectivity index is 1.65. The highest BCUT2D eigenvalue weighted by atomic mass is 16.5. The van der Waals surface area contributed by atoms with Crippen LogP contribution in [0.4, 0.5) is 17.3 Å². The van der Waals surface area contributed by atoms with E-state index in [4.69, 9.17) is 19.9 Å². The first-order valence-electron chi connectivity index (χ1n) is 11.6. The molecule has 0 spiro atoms. The third kappa shape index (κ3) is 6.00. The molecule has 0 saturated carbocycles. The third-order valence-corrected chi connectivity index (χ3v) is 5.77. The number of benzene rings is 2. The van der Waals surface area contributed by atoms with Crippen LogP contribution in [0.3, 0.4) is 0 Å². The van der Waals surface area contributed by atoms with E-state index in [-0.39, 0.29) is 11.4 Å². The molecule has 2 aromatic carbocycles. The first-order valence-corrected chi connectivity index (χ1v) is 11.6. The number of nitrogens with two attached hydrogens (primary N) is 1. The lowest BCUT2D eigenvalue weighted by Crippen LogP contribution is -2.23. The van der Waals surface area contributed by atoms with Gasteiger partial charge in [0.25, 0.3) is 0 Å². The van der Waals surface area contributed by atoms with E-state index in [2.05, 4.69) is 26.3 Å². The van der Waals surface area contributed by atoms with Crippen molar-refractivity contribution in [2.24, 2.45) is 0 Å². The van der Waals surface area contributed by atoms with Crippen molar-refractivity contribution in [3.63, 3.8) is 0 Å². The molecule has 0 unspecified atom stereocenters. The van der Waals surface area contributed by atoms with Crippen LogP contribution in [0.25, 0.3) is 0 Å². The van der Waals surface area contributed by atoms with Gasteiger partial charge in [0.05, 0.1) is 26.1 Å². The maximum absolute atomic E-state index is 9.69. The van der Waals surface area contributed by atoms with E-state index in [0.717, 1.165) is 22.6 Å². The average molecular weight is 497 g/mol. The number of aromatic nitrogens is 2. The van der Waals surface area contributed by atoms with E-state index in [0.29, 0.717) is 36.1 Å². The van der Waals surface area contributed by atoms with Gasteiger partial charge in [0.15, 0.2) is 5.75 Å². The average Bonchev–Trinajstić information content (AvgIpc) is 2.94. The maximum atomic E-state index is 9.69. The summed E-state index contributed by atoms with van der Waals surface area (Å²) >= 11 is 0. The molecule has 0 aliphatic heterocycles. The molecule has 3 N–H and O–H groups in total. The van der Waals surface area contributed by atoms with Crippen LogP contribution in [0, 0.1) is 11.3 Å². The second kappa shape index (κ2) is 11.6. The van der Waals surface area contributed by atoms with E-state index >= 15 is 0 Å². The zero-order valence-corrected chi connectivity index (χ0v) is 20.9. The fourth-order valence-electron chi connectivity index (χ4n) is 3.83. The van der Waals surface area contributed by atoms with Gasteiger partial charge in [-0.15, -0.1) is 0 Å². The molecule has 4 aromatic rings. The van der Waals surface area contributed by atoms with Crippen LogP contribution in [-0.2, 0) is 13.1 Å². The monoisotopic (exact) mass is 496 g/mol. The number of ether oxygens (including phenoxy) is 3. The zero-order chi connectivity index (χ0) is 26.2. The molecule has 37 heavy (non-hydrogen) atoms. The fourth-order valence-corrected chi connectivity index (χ4v) is 3.83. The number of pyridine rings is 2. The molecule has 0 aliphatic carbocycles. The smallest absolute Gasteiger partial charge is 0.165 e. The van der Waals surface area contributed by atoms with Gasteiger partial charge in [-0.1, -0.05) is 24.3 Å². The summed E-state index contributed by atoms with van der Waals surface area (Å²) in [5.74, 6) is 3.35. The van der Waals surface area contributed by atoms with Crippen molar-refractivity contribution in [1.82, 2.24) is 9.97 Å². The lowest BCUT2D eigenvalue weighted by atomic mass is 10.1. The minimum atomic E-state index is 0.229. The third-order valence-electron chi connectivity index (χ3n) is 5.77. The quantitative estimate of drug-likeness (QED) is 0.313. The van der Waals surface area contributed by atoms with Crippen molar-refractivity contribution < 1.29 is 14.2 Å². The standard InChI is InChI=1S/C28H28N6O3/c1-31-27-24(15-29)25(16-33-28(27)30)37-23-12-13-32-26(14-23)34(17-19-4-8-21(35-2)9-5-19)18-20-6-10-22(36-3)11-7-20/h4-14,16,31H,17-18H2,1-3H3,(H2,30,33). The predicted molar refractivity (Wildman–Crippen MR) is 143 cm³/mol. The summed E-state index contributed by atoms with van der Waals surface area (Å²) < 4.78 is 16.7. The summed E-state index contributed by atoms with van der Waals surface area (Å²) in [6, 6.07) is 21.6. The van der Waals surface area contributed by atoms with E-state index in [1.807, 2.05) is 54.6 Å². The Morgan fingerprint density at radius 1 is 0.892 bits per heavy atom. The minimum absolute atomic E-state index is 0.229. The number of hydrogen-bond acceptors (Lipinski definition) is 9. The van der Waals surface area contributed by atoms with Gasteiger partial charge in [-0.3, -0.25) is 0 Å². The number of nitrogens with zero attached hydrogens (tertiary/aromatic N) is 4. The summed E-state index contributed by atoms with van der Waals surface area (Å²) in [6.07, 6.45) is 3.12. The number of hydrogen-bond donors (Lipinski definition) is 2. The summed E-state index contributed by atoms with van der Waals surface area (Å²) in [5.41, 5.74) is 8.80. The van der Waals surface area contributed by atoms with Crippen LogP contribution in [0.1, 0.15) is 16.7 Å². The number of methoxy groups -OCH3 is 2. The van der Waals surface area contributed by atoms with Crippen molar-refractivity contribution in [3.8, 4) is 29.1 Å². The van der Waals surface area contributed by atoms with Crippen LogP contribution in [0.2, 0.25) is 0 Å². The molecule has 9 heteroatoms. The van der Waals surface area contributed by atoms with Crippen molar-refractivity contribution in [2.75, 3.05) is 37.2 Å². The lowest BCUT2D eigenvalue weighted by Gasteiger charge is -2.25. The molecule has 9 nitrogen and oxygen atoms in total. The summed E-state index contributed by atoms with van der Waals surface area (Å²) in [7, 11) is 4.97. The number of rotatable bonds is 10. The van der Waals surface area contributed by atoms with Crippen LogP contribution < -0.4 is 30.2 Å². The Kier molecular flexibility index (Phi) is 7.91. The van der Waals surface area contributed by atoms with Crippen molar-refractivity contribution in [1.29, 1.82) is 5.26 Å². The van der Waals surface area contributed by atoms with Gasteiger partial charge >= 0.3 is 0 Å². The highest BCUT2D eigenvalue weighted by Gasteiger charge is 2.16. The molecule has 0 fully saturated rings. The van der Waals surface area contributed by atoms with E-state index in [9.17, 15) is 5.26 Å². The first-order chi connectivity index (χ1) is 18.0. The molecule has 0 saturated heterocycles. The number of anilines is 3. The van der Waals surface area contributed by atoms with E-state index in [1.165, 1.54) is 6.20 Å². The van der Waals surface area contributed by atoms with Gasteiger partial charge in [-0.05, 0) is 41.5 Å². The van der Waals surface area contributed by atoms with Crippen molar-refractivity contribution in [2.45, 2.75) is 13.1 Å². The molecule has 0 aliphatic rings. The first kappa shape index (κ1) is 25.1. The van der Waals surface area contributed by atoms with E-state index in [1.54, 1.807) is 33.5 Å². The molecular weight excluding hydrogens is 468 g/mol. The van der Waals surface area contributed by atoms with Gasteiger partial charge in [0.1, 0.15) is 40.5 Å². The molecule has 2 heterocycles. The number of nitrogen functional groups attached to an aromatic ring is 1. The molecule has 0 atom stereocenters. The van der Waals surface area contributed by atoms with Crippen molar-refractivity contribution >= 4 is 17.3 Å². The highest BCUT2D eigenvalue weighted by Crippen LogP contribution is 2.33. The molecule has 0 bridgehead atoms. The normalized spacial score (nSPS) is 10.3. The topological polar surface area (TPSA) is 119 Å². The number of nitriles is 1. The second-order valence-electron chi connectivity index (χ2n) is 8.12. The van der Waals surface area contributed by atoms with Gasteiger partial charge in [0, 0.05) is 32.4 Å². The fraction of sp³-hybridized carbons (Fsp3) is 0.179. The van der Waals surface area contributed by atoms with Gasteiger partial charge < -0.3 is 30.2 Å². The van der Waals surface area contributed by atoms with Gasteiger partial charge in [-0.2, -0.15) is 5.26 Å². The van der Waals surface area contributed by atoms with Crippen LogP contribution in [-0.4, -0.2) is 31.2 Å². The molecular formula is C28H28N6O3. The van der Waals surface area contributed by atoms with Crippen LogP contribution in [0.15, 0.2) is 73.1 Å². The SMILES string of the molecule is CNc1c(N)ncc(Oc2ccnc(N(Cc3ccc(OC)cc3)Cc3ccc(OC)cc3)c2)c1C#N. The Morgan fingerprint density at radius 3 is 2.00 bits per heavy atom. The zero-order valence-electron chi connectivity index (χ0n) is 20.9. The molecule has 188 valence electrons. The Labute approximate surface area is 216 Å². The summed E-state index contributed by atoms with van der Waals surface area (Å²) in [6.45, 7) is 1.20. The summed E-state index contributed by atoms with van der Waals surface area (Å²) in [5, 5.41) is 12.6. The summed E-state index contributed by atoms with van der Waals surface area (Å²) in [4.78, 5) is 10.9. The molecule has 4 rings (SSSR count). The Bertz CT molecular complexity index is 1340. The van der Waals surface area contributed by atoms with E-state index < -0.39 is 0 Å². The van der Waals surface area contributed by atoms with Gasteiger partial charge in [-0.25, -0.2) is 9.97 Å². The highest BCUT2D eigenvalue weighted by molar-refractivity contribution is 5.73. The van der Waals surface area contributed by atoms with Crippen molar-refractivity contribution in [3.05, 3.63) is 89.7 Å². The minimum Gasteiger partial charge on any atom is -0.497 e. The number of nitrogens with one attached hydrogen (secondary N) is 1. The molecule has 0 amide bonds. The van der Waals surface area contributed by atoms with Crippen LogP contribution >= 0.6 is 0 Å².